The van der Waals surface area contributed by atoms with Crippen LogP contribution in [-0.2, 0) is 0 Å². The minimum atomic E-state index is 0.326. The number of hydrogen-bond acceptors (Lipinski definition) is 3. The number of hydrogen-bond donors (Lipinski definition) is 1. The minimum Gasteiger partial charge on any atom is -0.378 e. The highest BCUT2D eigenvalue weighted by molar-refractivity contribution is 7.13. The van der Waals surface area contributed by atoms with Gasteiger partial charge in [0.2, 0.25) is 0 Å². The zero-order chi connectivity index (χ0) is 13.1. The molecule has 1 nitrogen and oxygen atoms in total. The van der Waals surface area contributed by atoms with Gasteiger partial charge in [0.1, 0.15) is 0 Å². The summed E-state index contributed by atoms with van der Waals surface area (Å²) in [6.45, 7) is 2.20. The fraction of sp³-hybridized carbons (Fsp3) is 0.125. The lowest BCUT2D eigenvalue weighted by Crippen LogP contribution is -2.06. The van der Waals surface area contributed by atoms with Crippen LogP contribution in [0, 0.1) is 0 Å². The van der Waals surface area contributed by atoms with Crippen molar-refractivity contribution < 1.29 is 0 Å². The Morgan fingerprint density at radius 3 is 2.63 bits per heavy atom. The molecule has 0 saturated heterocycles. The lowest BCUT2D eigenvalue weighted by molar-refractivity contribution is 0.891. The molecule has 0 spiro atoms. The van der Waals surface area contributed by atoms with Crippen molar-refractivity contribution in [3.05, 3.63) is 64.2 Å². The first-order chi connectivity index (χ1) is 9.34. The molecular formula is C16H15NS2. The van der Waals surface area contributed by atoms with Crippen molar-refractivity contribution in [3.8, 4) is 10.4 Å². The summed E-state index contributed by atoms with van der Waals surface area (Å²) in [6, 6.07) is 15.3. The molecule has 2 aromatic heterocycles. The Hall–Kier alpha value is -1.58. The minimum absolute atomic E-state index is 0.326. The summed E-state index contributed by atoms with van der Waals surface area (Å²) in [7, 11) is 0. The number of benzene rings is 1. The maximum atomic E-state index is 3.61. The molecule has 2 heterocycles. The van der Waals surface area contributed by atoms with Crippen molar-refractivity contribution in [3.63, 3.8) is 0 Å². The van der Waals surface area contributed by atoms with E-state index in [0.29, 0.717) is 6.04 Å². The molecule has 1 aromatic carbocycles. The SMILES string of the molecule is CC(Nc1ccccc1-c1cccs1)c1ccsc1. The lowest BCUT2D eigenvalue weighted by atomic mass is 10.1. The van der Waals surface area contributed by atoms with E-state index in [1.54, 1.807) is 22.7 Å². The van der Waals surface area contributed by atoms with E-state index in [9.17, 15) is 0 Å². The van der Waals surface area contributed by atoms with Gasteiger partial charge in [-0.2, -0.15) is 11.3 Å². The number of para-hydroxylation sites is 1. The van der Waals surface area contributed by atoms with E-state index in [1.165, 1.54) is 21.7 Å². The third-order valence-electron chi connectivity index (χ3n) is 3.13. The van der Waals surface area contributed by atoms with Crippen LogP contribution in [0.2, 0.25) is 0 Å². The number of nitrogens with one attached hydrogen (secondary N) is 1. The Morgan fingerprint density at radius 2 is 1.89 bits per heavy atom. The van der Waals surface area contributed by atoms with Crippen LogP contribution in [0.15, 0.2) is 58.6 Å². The number of rotatable bonds is 4. The van der Waals surface area contributed by atoms with Crippen LogP contribution in [0.4, 0.5) is 5.69 Å². The zero-order valence-corrected chi connectivity index (χ0v) is 12.3. The first kappa shape index (κ1) is 12.5. The molecule has 0 bridgehead atoms. The third kappa shape index (κ3) is 2.72. The smallest absolute Gasteiger partial charge is 0.0494 e. The molecule has 19 heavy (non-hydrogen) atoms. The van der Waals surface area contributed by atoms with Gasteiger partial charge in [0.15, 0.2) is 0 Å². The molecule has 0 aliphatic rings. The lowest BCUT2D eigenvalue weighted by Gasteiger charge is -2.17. The molecular weight excluding hydrogens is 270 g/mol. The summed E-state index contributed by atoms with van der Waals surface area (Å²) in [6.07, 6.45) is 0. The second-order valence-electron chi connectivity index (χ2n) is 4.45. The fourth-order valence-corrected chi connectivity index (χ4v) is 3.61. The molecule has 1 atom stereocenters. The summed E-state index contributed by atoms with van der Waals surface area (Å²) in [5.41, 5.74) is 3.81. The normalized spacial score (nSPS) is 12.3. The highest BCUT2D eigenvalue weighted by Crippen LogP contribution is 2.33. The van der Waals surface area contributed by atoms with Crippen LogP contribution in [0.3, 0.4) is 0 Å². The van der Waals surface area contributed by atoms with E-state index in [-0.39, 0.29) is 0 Å². The van der Waals surface area contributed by atoms with Gasteiger partial charge in [-0.25, -0.2) is 0 Å². The van der Waals surface area contributed by atoms with Crippen LogP contribution >= 0.6 is 22.7 Å². The van der Waals surface area contributed by atoms with E-state index in [1.807, 2.05) is 0 Å². The number of anilines is 1. The maximum Gasteiger partial charge on any atom is 0.0494 e. The van der Waals surface area contributed by atoms with Crippen molar-refractivity contribution in [2.24, 2.45) is 0 Å². The highest BCUT2D eigenvalue weighted by Gasteiger charge is 2.10. The van der Waals surface area contributed by atoms with Crippen molar-refractivity contribution in [2.45, 2.75) is 13.0 Å². The monoisotopic (exact) mass is 285 g/mol. The summed E-state index contributed by atoms with van der Waals surface area (Å²) >= 11 is 3.52. The Kier molecular flexibility index (Phi) is 3.67. The number of thiophene rings is 2. The predicted octanol–water partition coefficient (Wildman–Crippen LogP) is 5.65. The molecule has 3 heteroatoms. The Bertz CT molecular complexity index is 627. The average molecular weight is 285 g/mol. The van der Waals surface area contributed by atoms with Gasteiger partial charge in [-0.15, -0.1) is 11.3 Å². The molecule has 96 valence electrons. The van der Waals surface area contributed by atoms with Gasteiger partial charge < -0.3 is 5.32 Å². The Labute approximate surface area is 121 Å². The topological polar surface area (TPSA) is 12.0 Å². The van der Waals surface area contributed by atoms with Crippen molar-refractivity contribution >= 4 is 28.4 Å². The quantitative estimate of drug-likeness (QED) is 0.653. The molecule has 0 fully saturated rings. The summed E-state index contributed by atoms with van der Waals surface area (Å²) in [5.74, 6) is 0. The molecule has 3 rings (SSSR count). The predicted molar refractivity (Wildman–Crippen MR) is 86.1 cm³/mol. The highest BCUT2D eigenvalue weighted by atomic mass is 32.1. The summed E-state index contributed by atoms with van der Waals surface area (Å²) < 4.78 is 0. The van der Waals surface area contributed by atoms with Gasteiger partial charge in [-0.05, 0) is 46.8 Å². The van der Waals surface area contributed by atoms with Gasteiger partial charge in [0.05, 0.1) is 0 Å². The van der Waals surface area contributed by atoms with E-state index in [4.69, 9.17) is 0 Å². The second-order valence-corrected chi connectivity index (χ2v) is 6.17. The largest absolute Gasteiger partial charge is 0.378 e. The van der Waals surface area contributed by atoms with Crippen molar-refractivity contribution in [2.75, 3.05) is 5.32 Å². The molecule has 3 aromatic rings. The van der Waals surface area contributed by atoms with E-state index in [2.05, 4.69) is 70.8 Å². The van der Waals surface area contributed by atoms with E-state index >= 15 is 0 Å². The van der Waals surface area contributed by atoms with Crippen molar-refractivity contribution in [1.82, 2.24) is 0 Å². The molecule has 0 amide bonds. The van der Waals surface area contributed by atoms with Crippen LogP contribution in [0.5, 0.6) is 0 Å². The van der Waals surface area contributed by atoms with Gasteiger partial charge in [0, 0.05) is 22.2 Å². The first-order valence-corrected chi connectivity index (χ1v) is 8.08. The maximum absolute atomic E-state index is 3.61. The van der Waals surface area contributed by atoms with Gasteiger partial charge in [-0.1, -0.05) is 24.3 Å². The molecule has 1 N–H and O–H groups in total. The Morgan fingerprint density at radius 1 is 1.00 bits per heavy atom. The molecule has 0 aliphatic carbocycles. The fourth-order valence-electron chi connectivity index (χ4n) is 2.09. The summed E-state index contributed by atoms with van der Waals surface area (Å²) in [5, 5.41) is 10.1. The summed E-state index contributed by atoms with van der Waals surface area (Å²) in [4.78, 5) is 1.31. The average Bonchev–Trinajstić information content (AvgIpc) is 3.13. The molecule has 0 saturated carbocycles. The third-order valence-corrected chi connectivity index (χ3v) is 4.73. The van der Waals surface area contributed by atoms with Gasteiger partial charge >= 0.3 is 0 Å². The van der Waals surface area contributed by atoms with Gasteiger partial charge in [0.25, 0.3) is 0 Å². The van der Waals surface area contributed by atoms with Crippen LogP contribution in [0.1, 0.15) is 18.5 Å². The molecule has 1 unspecified atom stereocenters. The van der Waals surface area contributed by atoms with Crippen molar-refractivity contribution in [1.29, 1.82) is 0 Å². The van der Waals surface area contributed by atoms with Crippen LogP contribution in [-0.4, -0.2) is 0 Å². The first-order valence-electron chi connectivity index (χ1n) is 6.26. The van der Waals surface area contributed by atoms with E-state index < -0.39 is 0 Å². The molecule has 0 radical (unpaired) electrons. The Balaban J connectivity index is 1.89. The second kappa shape index (κ2) is 5.59. The zero-order valence-electron chi connectivity index (χ0n) is 10.7. The molecule has 0 aliphatic heterocycles. The standard InChI is InChI=1S/C16H15NS2/c1-12(13-8-10-18-11-13)17-15-6-3-2-5-14(15)16-7-4-9-19-16/h2-12,17H,1H3. The van der Waals surface area contributed by atoms with E-state index in [0.717, 1.165) is 0 Å². The van der Waals surface area contributed by atoms with Crippen LogP contribution < -0.4 is 5.32 Å². The van der Waals surface area contributed by atoms with Crippen LogP contribution in [0.25, 0.3) is 10.4 Å². The van der Waals surface area contributed by atoms with Gasteiger partial charge in [-0.3, -0.25) is 0 Å².